The number of carbonyl (C=O) groups excluding carboxylic acids is 1. The molecule has 1 atom stereocenters. The van der Waals surface area contributed by atoms with E-state index in [0.717, 1.165) is 28.1 Å². The Labute approximate surface area is 188 Å². The van der Waals surface area contributed by atoms with Crippen LogP contribution in [-0.4, -0.2) is 25.1 Å². The van der Waals surface area contributed by atoms with E-state index in [0.29, 0.717) is 5.69 Å². The van der Waals surface area contributed by atoms with Gasteiger partial charge in [0.15, 0.2) is 9.84 Å². The summed E-state index contributed by atoms with van der Waals surface area (Å²) in [4.78, 5) is 16.8. The summed E-state index contributed by atoms with van der Waals surface area (Å²) in [5.74, 6) is -1.31. The number of aromatic nitrogens is 1. The van der Waals surface area contributed by atoms with Crippen molar-refractivity contribution in [1.29, 1.82) is 0 Å². The summed E-state index contributed by atoms with van der Waals surface area (Å²) < 4.78 is 25.1. The van der Waals surface area contributed by atoms with Crippen molar-refractivity contribution in [2.45, 2.75) is 45.9 Å². The number of benzene rings is 2. The maximum absolute atomic E-state index is 12.6. The largest absolute Gasteiger partial charge is 0.349 e. The molecule has 1 amide bonds. The standard InChI is InChI=1S/C24H28N2O3S2/c1-5-19-7-10-20(11-8-19)24-26-22(13-30-24)14-31(28,29)15-23(27)25-18(4)21-9-6-16(2)17(3)12-21/h6-13,18H,5,14-15H2,1-4H3,(H,25,27). The second kappa shape index (κ2) is 9.75. The van der Waals surface area contributed by atoms with Crippen LogP contribution in [0.15, 0.2) is 47.8 Å². The first-order valence-corrected chi connectivity index (χ1v) is 13.0. The van der Waals surface area contributed by atoms with Crippen molar-refractivity contribution in [1.82, 2.24) is 10.3 Å². The lowest BCUT2D eigenvalue weighted by Crippen LogP contribution is -2.32. The third-order valence-electron chi connectivity index (χ3n) is 5.29. The first kappa shape index (κ1) is 23.2. The molecule has 0 bridgehead atoms. The fourth-order valence-corrected chi connectivity index (χ4v) is 5.38. The Hall–Kier alpha value is -2.51. The molecule has 0 radical (unpaired) electrons. The molecule has 7 heteroatoms. The molecular formula is C24H28N2O3S2. The number of thiazole rings is 1. The molecule has 1 aromatic heterocycles. The van der Waals surface area contributed by atoms with Crippen LogP contribution in [0.1, 0.15) is 47.8 Å². The van der Waals surface area contributed by atoms with E-state index in [1.807, 2.05) is 63.2 Å². The Morgan fingerprint density at radius 3 is 2.45 bits per heavy atom. The topological polar surface area (TPSA) is 76.1 Å². The zero-order chi connectivity index (χ0) is 22.6. The predicted molar refractivity (Wildman–Crippen MR) is 127 cm³/mol. The minimum Gasteiger partial charge on any atom is -0.349 e. The van der Waals surface area contributed by atoms with Gasteiger partial charge in [0, 0.05) is 10.9 Å². The van der Waals surface area contributed by atoms with Gasteiger partial charge in [-0.05, 0) is 49.4 Å². The van der Waals surface area contributed by atoms with Crippen molar-refractivity contribution >= 4 is 27.1 Å². The van der Waals surface area contributed by atoms with E-state index in [-0.39, 0.29) is 11.8 Å². The van der Waals surface area contributed by atoms with Gasteiger partial charge in [-0.2, -0.15) is 0 Å². The number of amides is 1. The van der Waals surface area contributed by atoms with Crippen molar-refractivity contribution in [2.75, 3.05) is 5.75 Å². The fraction of sp³-hybridized carbons (Fsp3) is 0.333. The van der Waals surface area contributed by atoms with Gasteiger partial charge in [0.2, 0.25) is 5.91 Å². The van der Waals surface area contributed by atoms with E-state index in [1.54, 1.807) is 5.38 Å². The number of rotatable bonds is 8. The third-order valence-corrected chi connectivity index (χ3v) is 7.67. The zero-order valence-corrected chi connectivity index (χ0v) is 19.9. The summed E-state index contributed by atoms with van der Waals surface area (Å²) in [5, 5.41) is 5.32. The van der Waals surface area contributed by atoms with E-state index < -0.39 is 21.5 Å². The van der Waals surface area contributed by atoms with Crippen LogP contribution in [0.4, 0.5) is 0 Å². The van der Waals surface area contributed by atoms with E-state index >= 15 is 0 Å². The van der Waals surface area contributed by atoms with Gasteiger partial charge in [0.05, 0.1) is 17.5 Å². The Morgan fingerprint density at radius 1 is 1.10 bits per heavy atom. The second-order valence-electron chi connectivity index (χ2n) is 7.86. The molecule has 1 unspecified atom stereocenters. The van der Waals surface area contributed by atoms with Crippen LogP contribution in [0.3, 0.4) is 0 Å². The van der Waals surface area contributed by atoms with Crippen LogP contribution in [0, 0.1) is 13.8 Å². The van der Waals surface area contributed by atoms with Gasteiger partial charge in [-0.15, -0.1) is 11.3 Å². The van der Waals surface area contributed by atoms with Crippen LogP contribution >= 0.6 is 11.3 Å². The number of aryl methyl sites for hydroxylation is 3. The van der Waals surface area contributed by atoms with Crippen molar-refractivity contribution < 1.29 is 13.2 Å². The summed E-state index contributed by atoms with van der Waals surface area (Å²) in [5.41, 5.74) is 5.93. The van der Waals surface area contributed by atoms with Crippen molar-refractivity contribution in [2.24, 2.45) is 0 Å². The first-order chi connectivity index (χ1) is 14.7. The highest BCUT2D eigenvalue weighted by molar-refractivity contribution is 7.91. The van der Waals surface area contributed by atoms with Crippen molar-refractivity contribution in [3.05, 3.63) is 75.8 Å². The molecule has 0 aliphatic carbocycles. The number of sulfone groups is 1. The SMILES string of the molecule is CCc1ccc(-c2nc(CS(=O)(=O)CC(=O)NC(C)c3ccc(C)c(C)c3)cs2)cc1. The molecule has 0 aliphatic rings. The van der Waals surface area contributed by atoms with Gasteiger partial charge >= 0.3 is 0 Å². The number of nitrogens with zero attached hydrogens (tertiary/aromatic N) is 1. The number of hydrogen-bond donors (Lipinski definition) is 1. The smallest absolute Gasteiger partial charge is 0.235 e. The lowest BCUT2D eigenvalue weighted by Gasteiger charge is -2.15. The normalized spacial score (nSPS) is 12.5. The van der Waals surface area contributed by atoms with Gasteiger partial charge in [-0.1, -0.05) is 49.4 Å². The Kier molecular flexibility index (Phi) is 7.28. The number of carbonyl (C=O) groups is 1. The zero-order valence-electron chi connectivity index (χ0n) is 18.3. The molecule has 31 heavy (non-hydrogen) atoms. The quantitative estimate of drug-likeness (QED) is 0.529. The number of hydrogen-bond acceptors (Lipinski definition) is 5. The molecule has 0 aliphatic heterocycles. The van der Waals surface area contributed by atoms with Gasteiger partial charge in [0.25, 0.3) is 0 Å². The third kappa shape index (κ3) is 6.24. The van der Waals surface area contributed by atoms with Crippen LogP contribution in [0.5, 0.6) is 0 Å². The monoisotopic (exact) mass is 456 g/mol. The van der Waals surface area contributed by atoms with Crippen molar-refractivity contribution in [3.8, 4) is 10.6 Å². The molecule has 0 spiro atoms. The molecule has 0 saturated carbocycles. The Bertz CT molecular complexity index is 1170. The maximum Gasteiger partial charge on any atom is 0.235 e. The maximum atomic E-state index is 12.6. The van der Waals surface area contributed by atoms with E-state index in [1.165, 1.54) is 22.5 Å². The highest BCUT2D eigenvalue weighted by Gasteiger charge is 2.21. The van der Waals surface area contributed by atoms with Crippen LogP contribution in [0.25, 0.3) is 10.6 Å². The van der Waals surface area contributed by atoms with E-state index in [9.17, 15) is 13.2 Å². The molecule has 164 valence electrons. The van der Waals surface area contributed by atoms with Gasteiger partial charge in [-0.25, -0.2) is 13.4 Å². The van der Waals surface area contributed by atoms with Gasteiger partial charge < -0.3 is 5.32 Å². The minimum atomic E-state index is -3.62. The summed E-state index contributed by atoms with van der Waals surface area (Å²) in [6.07, 6.45) is 0.964. The molecular weight excluding hydrogens is 428 g/mol. The molecule has 1 heterocycles. The summed E-state index contributed by atoms with van der Waals surface area (Å²) >= 11 is 1.41. The Balaban J connectivity index is 1.61. The van der Waals surface area contributed by atoms with E-state index in [2.05, 4.69) is 17.2 Å². The van der Waals surface area contributed by atoms with Gasteiger partial charge in [-0.3, -0.25) is 4.79 Å². The van der Waals surface area contributed by atoms with Gasteiger partial charge in [0.1, 0.15) is 10.8 Å². The highest BCUT2D eigenvalue weighted by Crippen LogP contribution is 2.25. The predicted octanol–water partition coefficient (Wildman–Crippen LogP) is 4.78. The lowest BCUT2D eigenvalue weighted by atomic mass is 10.0. The second-order valence-corrected chi connectivity index (χ2v) is 10.8. The fourth-order valence-electron chi connectivity index (χ4n) is 3.27. The average molecular weight is 457 g/mol. The molecule has 0 fully saturated rings. The average Bonchev–Trinajstić information content (AvgIpc) is 3.17. The van der Waals surface area contributed by atoms with E-state index in [4.69, 9.17) is 0 Å². The number of nitrogens with one attached hydrogen (secondary N) is 1. The summed E-state index contributed by atoms with van der Waals surface area (Å²) in [7, 11) is -3.62. The minimum absolute atomic E-state index is 0.248. The van der Waals surface area contributed by atoms with Crippen LogP contribution < -0.4 is 5.32 Å². The molecule has 5 nitrogen and oxygen atoms in total. The molecule has 3 aromatic rings. The molecule has 2 aromatic carbocycles. The van der Waals surface area contributed by atoms with Crippen LogP contribution in [0.2, 0.25) is 0 Å². The first-order valence-electron chi connectivity index (χ1n) is 10.3. The lowest BCUT2D eigenvalue weighted by molar-refractivity contribution is -0.119. The molecule has 0 saturated heterocycles. The molecule has 3 rings (SSSR count). The van der Waals surface area contributed by atoms with Crippen molar-refractivity contribution in [3.63, 3.8) is 0 Å². The summed E-state index contributed by atoms with van der Waals surface area (Å²) in [6.45, 7) is 7.99. The molecule has 1 N–H and O–H groups in total. The van der Waals surface area contributed by atoms with Crippen LogP contribution in [-0.2, 0) is 26.8 Å². The highest BCUT2D eigenvalue weighted by atomic mass is 32.2. The summed E-state index contributed by atoms with van der Waals surface area (Å²) in [6, 6.07) is 13.8. The Morgan fingerprint density at radius 2 is 1.81 bits per heavy atom.